The van der Waals surface area contributed by atoms with Crippen molar-refractivity contribution < 1.29 is 0 Å². The molecule has 1 aromatic heterocycles. The molecule has 4 heteroatoms. The number of nitrogens with one attached hydrogen (secondary N) is 1. The van der Waals surface area contributed by atoms with Crippen LogP contribution in [0.15, 0.2) is 30.5 Å². The highest BCUT2D eigenvalue weighted by molar-refractivity contribution is 5.78. The molecule has 0 aliphatic heterocycles. The van der Waals surface area contributed by atoms with E-state index < -0.39 is 5.54 Å². The van der Waals surface area contributed by atoms with Crippen LogP contribution in [-0.4, -0.2) is 21.9 Å². The molecule has 0 bridgehead atoms. The molecule has 0 saturated heterocycles. The first-order chi connectivity index (χ1) is 9.79. The first-order valence-corrected chi connectivity index (χ1v) is 7.36. The Kier molecular flexibility index (Phi) is 3.45. The smallest absolute Gasteiger partial charge is 0.129 e. The average Bonchev–Trinajstić information content (AvgIpc) is 3.27. The number of hydrogen-bond donors (Lipinski definition) is 1. The quantitative estimate of drug-likeness (QED) is 0.876. The molecule has 1 unspecified atom stereocenters. The van der Waals surface area contributed by atoms with Crippen LogP contribution in [0.3, 0.4) is 0 Å². The Balaban J connectivity index is 1.91. The summed E-state index contributed by atoms with van der Waals surface area (Å²) in [5.74, 6) is 0.460. The molecular formula is C16H20N4. The Morgan fingerprint density at radius 1 is 1.45 bits per heavy atom. The van der Waals surface area contributed by atoms with Gasteiger partial charge >= 0.3 is 0 Å². The summed E-state index contributed by atoms with van der Waals surface area (Å²) >= 11 is 0. The summed E-state index contributed by atoms with van der Waals surface area (Å²) in [7, 11) is 0. The van der Waals surface area contributed by atoms with E-state index in [9.17, 15) is 5.26 Å². The molecular weight excluding hydrogens is 248 g/mol. The van der Waals surface area contributed by atoms with Crippen molar-refractivity contribution in [3.8, 4) is 6.07 Å². The number of fused-ring (bicyclic) bond motifs is 1. The lowest BCUT2D eigenvalue weighted by atomic mass is 9.94. The van der Waals surface area contributed by atoms with Gasteiger partial charge in [0.05, 0.1) is 24.3 Å². The van der Waals surface area contributed by atoms with Gasteiger partial charge in [-0.05, 0) is 37.8 Å². The summed E-state index contributed by atoms with van der Waals surface area (Å²) in [4.78, 5) is 0. The van der Waals surface area contributed by atoms with E-state index in [1.807, 2.05) is 23.0 Å². The van der Waals surface area contributed by atoms with E-state index in [1.54, 1.807) is 0 Å². The van der Waals surface area contributed by atoms with Gasteiger partial charge in [-0.25, -0.2) is 0 Å². The molecule has 1 saturated carbocycles. The summed E-state index contributed by atoms with van der Waals surface area (Å²) in [6.45, 7) is 3.64. The second-order valence-electron chi connectivity index (χ2n) is 5.65. The number of nitrogens with zero attached hydrogens (tertiary/aromatic N) is 3. The highest BCUT2D eigenvalue weighted by atomic mass is 15.3. The summed E-state index contributed by atoms with van der Waals surface area (Å²) in [5, 5.41) is 18.8. The van der Waals surface area contributed by atoms with E-state index in [-0.39, 0.29) is 0 Å². The van der Waals surface area contributed by atoms with Gasteiger partial charge in [0, 0.05) is 5.39 Å². The van der Waals surface area contributed by atoms with Crippen LogP contribution in [0.4, 0.5) is 0 Å². The van der Waals surface area contributed by atoms with Crippen molar-refractivity contribution >= 4 is 10.9 Å². The number of rotatable bonds is 6. The molecule has 4 nitrogen and oxygen atoms in total. The molecule has 1 aliphatic carbocycles. The Morgan fingerprint density at radius 3 is 2.95 bits per heavy atom. The minimum Gasteiger partial charge on any atom is -0.298 e. The number of para-hydroxylation sites is 1. The second-order valence-corrected chi connectivity index (χ2v) is 5.65. The summed E-state index contributed by atoms with van der Waals surface area (Å²) in [5.41, 5.74) is 0.635. The van der Waals surface area contributed by atoms with Gasteiger partial charge in [0.1, 0.15) is 5.54 Å². The van der Waals surface area contributed by atoms with Crippen LogP contribution in [0.2, 0.25) is 0 Å². The first-order valence-electron chi connectivity index (χ1n) is 7.36. The Bertz CT molecular complexity index is 635. The third-order valence-electron chi connectivity index (χ3n) is 4.11. The van der Waals surface area contributed by atoms with E-state index in [1.165, 1.54) is 0 Å². The van der Waals surface area contributed by atoms with Crippen LogP contribution >= 0.6 is 0 Å². The maximum Gasteiger partial charge on any atom is 0.129 e. The molecule has 1 aromatic carbocycles. The van der Waals surface area contributed by atoms with Crippen molar-refractivity contribution in [1.82, 2.24) is 15.1 Å². The van der Waals surface area contributed by atoms with Crippen LogP contribution in [0.1, 0.15) is 26.2 Å². The zero-order valence-electron chi connectivity index (χ0n) is 11.8. The van der Waals surface area contributed by atoms with E-state index >= 15 is 0 Å². The Labute approximate surface area is 119 Å². The monoisotopic (exact) mass is 268 g/mol. The van der Waals surface area contributed by atoms with E-state index in [0.717, 1.165) is 36.7 Å². The molecule has 104 valence electrons. The number of nitriles is 1. The fourth-order valence-electron chi connectivity index (χ4n) is 2.81. The maximum atomic E-state index is 9.73. The molecule has 0 radical (unpaired) electrons. The van der Waals surface area contributed by atoms with Crippen LogP contribution in [-0.2, 0) is 6.54 Å². The maximum absolute atomic E-state index is 9.73. The molecule has 1 N–H and O–H groups in total. The molecule has 0 spiro atoms. The number of benzene rings is 1. The summed E-state index contributed by atoms with van der Waals surface area (Å²) in [6, 6.07) is 10.7. The third-order valence-corrected chi connectivity index (χ3v) is 4.11. The minimum atomic E-state index is -0.467. The fraction of sp³-hybridized carbons (Fsp3) is 0.500. The lowest BCUT2D eigenvalue weighted by molar-refractivity contribution is 0.310. The second kappa shape index (κ2) is 5.26. The van der Waals surface area contributed by atoms with E-state index in [2.05, 4.69) is 35.5 Å². The average molecular weight is 268 g/mol. The van der Waals surface area contributed by atoms with Crippen molar-refractivity contribution in [1.29, 1.82) is 5.26 Å². The lowest BCUT2D eigenvalue weighted by Crippen LogP contribution is -2.50. The first kappa shape index (κ1) is 13.1. The topological polar surface area (TPSA) is 53.6 Å². The van der Waals surface area contributed by atoms with E-state index in [0.29, 0.717) is 12.5 Å². The molecule has 1 heterocycles. The molecule has 1 atom stereocenters. The highest BCUT2D eigenvalue weighted by Gasteiger charge is 2.46. The zero-order chi connectivity index (χ0) is 14.0. The predicted octanol–water partition coefficient (Wildman–Crippen LogP) is 2.71. The summed E-state index contributed by atoms with van der Waals surface area (Å²) < 4.78 is 1.97. The van der Waals surface area contributed by atoms with Gasteiger partial charge in [-0.1, -0.05) is 25.1 Å². The molecule has 2 aromatic rings. The molecule has 3 rings (SSSR count). The van der Waals surface area contributed by atoms with Crippen molar-refractivity contribution in [2.75, 3.05) is 6.54 Å². The Hall–Kier alpha value is -1.86. The standard InChI is InChI=1S/C16H20N4/c1-2-9-18-16(11-17,14-7-8-14)12-20-15-6-4-3-5-13(15)10-19-20/h3-6,10,14,18H,2,7-9,12H2,1H3. The molecule has 1 aliphatic rings. The predicted molar refractivity (Wildman–Crippen MR) is 79.1 cm³/mol. The van der Waals surface area contributed by atoms with Gasteiger partial charge in [-0.3, -0.25) is 10.00 Å². The van der Waals surface area contributed by atoms with Gasteiger partial charge in [0.2, 0.25) is 0 Å². The van der Waals surface area contributed by atoms with Crippen molar-refractivity contribution in [2.24, 2.45) is 5.92 Å². The van der Waals surface area contributed by atoms with Crippen LogP contribution in [0.5, 0.6) is 0 Å². The summed E-state index contributed by atoms with van der Waals surface area (Å²) in [6.07, 6.45) is 5.20. The van der Waals surface area contributed by atoms with Gasteiger partial charge < -0.3 is 0 Å². The molecule has 0 amide bonds. The number of hydrogen-bond acceptors (Lipinski definition) is 3. The third kappa shape index (κ3) is 2.30. The van der Waals surface area contributed by atoms with Crippen LogP contribution < -0.4 is 5.32 Å². The van der Waals surface area contributed by atoms with Crippen LogP contribution in [0, 0.1) is 17.2 Å². The van der Waals surface area contributed by atoms with Gasteiger partial charge in [-0.15, -0.1) is 0 Å². The largest absolute Gasteiger partial charge is 0.298 e. The zero-order valence-corrected chi connectivity index (χ0v) is 11.8. The van der Waals surface area contributed by atoms with Crippen molar-refractivity contribution in [2.45, 2.75) is 38.3 Å². The SMILES string of the molecule is CCCNC(C#N)(Cn1ncc2ccccc21)C1CC1. The van der Waals surface area contributed by atoms with Crippen LogP contribution in [0.25, 0.3) is 10.9 Å². The van der Waals surface area contributed by atoms with Gasteiger partial charge in [0.25, 0.3) is 0 Å². The van der Waals surface area contributed by atoms with Crippen molar-refractivity contribution in [3.63, 3.8) is 0 Å². The lowest BCUT2D eigenvalue weighted by Gasteiger charge is -2.28. The van der Waals surface area contributed by atoms with E-state index in [4.69, 9.17) is 0 Å². The number of aromatic nitrogens is 2. The minimum absolute atomic E-state index is 0.460. The molecule has 20 heavy (non-hydrogen) atoms. The normalized spacial score (nSPS) is 17.8. The van der Waals surface area contributed by atoms with Gasteiger partial charge in [-0.2, -0.15) is 10.4 Å². The molecule has 1 fully saturated rings. The highest BCUT2D eigenvalue weighted by Crippen LogP contribution is 2.40. The Morgan fingerprint density at radius 2 is 2.25 bits per heavy atom. The fourth-order valence-corrected chi connectivity index (χ4v) is 2.81. The van der Waals surface area contributed by atoms with Gasteiger partial charge in [0.15, 0.2) is 0 Å². The van der Waals surface area contributed by atoms with Crippen molar-refractivity contribution in [3.05, 3.63) is 30.5 Å².